The lowest BCUT2D eigenvalue weighted by Gasteiger charge is -2.17. The van der Waals surface area contributed by atoms with Crippen LogP contribution in [0, 0.1) is 6.92 Å². The molecule has 0 spiro atoms. The summed E-state index contributed by atoms with van der Waals surface area (Å²) in [4.78, 5) is 50.0. The number of anilines is 2. The standard InChI is InChI=1S/C18H18N4O4/c1-10-8-15(23)12(9-21(10)3)16(24)20-13-6-4-5-7-14(13)22-17(25)11(2)19-18(22)26/h4-9,11H,1-3H3,(H,19,26)(H,20,24). The summed E-state index contributed by atoms with van der Waals surface area (Å²) in [6.07, 6.45) is 1.45. The van der Waals surface area contributed by atoms with Crippen LogP contribution in [0.3, 0.4) is 0 Å². The number of amides is 4. The van der Waals surface area contributed by atoms with Gasteiger partial charge in [0.2, 0.25) is 0 Å². The average molecular weight is 354 g/mol. The van der Waals surface area contributed by atoms with Crippen LogP contribution >= 0.6 is 0 Å². The number of hydrogen-bond acceptors (Lipinski definition) is 4. The third-order valence-electron chi connectivity index (χ3n) is 4.26. The van der Waals surface area contributed by atoms with Crippen LogP contribution in [0.5, 0.6) is 0 Å². The number of pyridine rings is 1. The van der Waals surface area contributed by atoms with E-state index in [1.807, 2.05) is 0 Å². The quantitative estimate of drug-likeness (QED) is 0.814. The number of carbonyl (C=O) groups is 3. The topological polar surface area (TPSA) is 101 Å². The Balaban J connectivity index is 1.96. The number of para-hydroxylation sites is 2. The van der Waals surface area contributed by atoms with Crippen molar-refractivity contribution in [3.05, 3.63) is 58.0 Å². The van der Waals surface area contributed by atoms with Crippen molar-refractivity contribution in [3.8, 4) is 0 Å². The Hall–Kier alpha value is -3.42. The van der Waals surface area contributed by atoms with Gasteiger partial charge in [-0.1, -0.05) is 12.1 Å². The van der Waals surface area contributed by atoms with Crippen LogP contribution in [0.4, 0.5) is 16.2 Å². The molecule has 1 aliphatic rings. The smallest absolute Gasteiger partial charge is 0.329 e. The molecule has 0 aliphatic carbocycles. The van der Waals surface area contributed by atoms with Crippen LogP contribution in [0.25, 0.3) is 0 Å². The number of nitrogens with one attached hydrogen (secondary N) is 2. The van der Waals surface area contributed by atoms with Crippen molar-refractivity contribution in [1.29, 1.82) is 0 Å². The minimum Gasteiger partial charge on any atom is -0.354 e. The molecule has 1 unspecified atom stereocenters. The number of benzene rings is 1. The molecule has 2 N–H and O–H groups in total. The summed E-state index contributed by atoms with van der Waals surface area (Å²) in [6, 6.07) is 6.60. The molecule has 0 radical (unpaired) electrons. The molecule has 2 heterocycles. The molecule has 1 atom stereocenters. The maximum atomic E-state index is 12.6. The molecule has 26 heavy (non-hydrogen) atoms. The molecule has 2 aromatic rings. The van der Waals surface area contributed by atoms with Gasteiger partial charge in [0.1, 0.15) is 11.6 Å². The molecule has 1 saturated heterocycles. The third-order valence-corrected chi connectivity index (χ3v) is 4.26. The van der Waals surface area contributed by atoms with Crippen molar-refractivity contribution in [3.63, 3.8) is 0 Å². The normalized spacial score (nSPS) is 16.6. The van der Waals surface area contributed by atoms with Crippen molar-refractivity contribution in [1.82, 2.24) is 9.88 Å². The van der Waals surface area contributed by atoms with E-state index in [9.17, 15) is 19.2 Å². The van der Waals surface area contributed by atoms with Gasteiger partial charge in [-0.25, -0.2) is 9.69 Å². The van der Waals surface area contributed by atoms with E-state index < -0.39 is 29.3 Å². The van der Waals surface area contributed by atoms with Gasteiger partial charge in [-0.15, -0.1) is 0 Å². The predicted octanol–water partition coefficient (Wildman–Crippen LogP) is 1.39. The second-order valence-corrected chi connectivity index (χ2v) is 6.12. The van der Waals surface area contributed by atoms with Crippen molar-refractivity contribution in [2.24, 2.45) is 7.05 Å². The summed E-state index contributed by atoms with van der Waals surface area (Å²) in [5.74, 6) is -1.03. The Morgan fingerprint density at radius 2 is 1.88 bits per heavy atom. The molecular weight excluding hydrogens is 336 g/mol. The highest BCUT2D eigenvalue weighted by atomic mass is 16.2. The molecule has 8 heteroatoms. The zero-order chi connectivity index (χ0) is 19.0. The maximum absolute atomic E-state index is 12.6. The molecule has 1 fully saturated rings. The average Bonchev–Trinajstić information content (AvgIpc) is 2.84. The van der Waals surface area contributed by atoms with Crippen LogP contribution in [0.15, 0.2) is 41.3 Å². The van der Waals surface area contributed by atoms with Gasteiger partial charge < -0.3 is 15.2 Å². The van der Waals surface area contributed by atoms with Gasteiger partial charge in [-0.3, -0.25) is 14.4 Å². The van der Waals surface area contributed by atoms with E-state index in [0.29, 0.717) is 0 Å². The minimum absolute atomic E-state index is 0.0292. The highest BCUT2D eigenvalue weighted by molar-refractivity contribution is 6.23. The van der Waals surface area contributed by atoms with E-state index in [2.05, 4.69) is 10.6 Å². The molecular formula is C18H18N4O4. The molecule has 0 bridgehead atoms. The van der Waals surface area contributed by atoms with E-state index in [4.69, 9.17) is 0 Å². The fraction of sp³-hybridized carbons (Fsp3) is 0.222. The van der Waals surface area contributed by atoms with Gasteiger partial charge in [0.05, 0.1) is 11.4 Å². The van der Waals surface area contributed by atoms with Crippen LogP contribution in [-0.4, -0.2) is 28.5 Å². The van der Waals surface area contributed by atoms with E-state index in [1.54, 1.807) is 49.7 Å². The number of aryl methyl sites for hydroxylation is 2. The SMILES string of the molecule is Cc1cc(=O)c(C(=O)Nc2ccccc2N2C(=O)NC(C)C2=O)cn1C. The fourth-order valence-electron chi connectivity index (χ4n) is 2.70. The van der Waals surface area contributed by atoms with Crippen LogP contribution < -0.4 is 21.0 Å². The summed E-state index contributed by atoms with van der Waals surface area (Å²) < 4.78 is 1.67. The molecule has 1 aliphatic heterocycles. The highest BCUT2D eigenvalue weighted by Gasteiger charge is 2.37. The number of rotatable bonds is 3. The van der Waals surface area contributed by atoms with Gasteiger partial charge in [-0.2, -0.15) is 0 Å². The van der Waals surface area contributed by atoms with Crippen LogP contribution in [-0.2, 0) is 11.8 Å². The highest BCUT2D eigenvalue weighted by Crippen LogP contribution is 2.28. The number of aromatic nitrogens is 1. The number of imide groups is 1. The van der Waals surface area contributed by atoms with Gasteiger partial charge in [0.15, 0.2) is 5.43 Å². The first-order valence-corrected chi connectivity index (χ1v) is 8.01. The summed E-state index contributed by atoms with van der Waals surface area (Å²) >= 11 is 0. The van der Waals surface area contributed by atoms with Crippen LogP contribution in [0.2, 0.25) is 0 Å². The summed E-state index contributed by atoms with van der Waals surface area (Å²) in [6.45, 7) is 3.34. The van der Waals surface area contributed by atoms with Crippen molar-refractivity contribution in [2.45, 2.75) is 19.9 Å². The van der Waals surface area contributed by atoms with Crippen molar-refractivity contribution in [2.75, 3.05) is 10.2 Å². The van der Waals surface area contributed by atoms with E-state index in [0.717, 1.165) is 10.6 Å². The Kier molecular flexibility index (Phi) is 4.33. The number of nitrogens with zero attached hydrogens (tertiary/aromatic N) is 2. The first kappa shape index (κ1) is 17.4. The molecule has 0 saturated carbocycles. The number of hydrogen-bond donors (Lipinski definition) is 2. The first-order chi connectivity index (χ1) is 12.3. The molecule has 8 nitrogen and oxygen atoms in total. The lowest BCUT2D eigenvalue weighted by Crippen LogP contribution is -2.32. The van der Waals surface area contributed by atoms with Crippen LogP contribution in [0.1, 0.15) is 23.0 Å². The monoisotopic (exact) mass is 354 g/mol. The zero-order valence-corrected chi connectivity index (χ0v) is 14.6. The Morgan fingerprint density at radius 1 is 1.19 bits per heavy atom. The molecule has 3 rings (SSSR count). The van der Waals surface area contributed by atoms with Gasteiger partial charge in [-0.05, 0) is 26.0 Å². The predicted molar refractivity (Wildman–Crippen MR) is 96.3 cm³/mol. The van der Waals surface area contributed by atoms with Gasteiger partial charge in [0, 0.05) is 25.0 Å². The fourth-order valence-corrected chi connectivity index (χ4v) is 2.70. The van der Waals surface area contributed by atoms with Gasteiger partial charge in [0.25, 0.3) is 11.8 Å². The summed E-state index contributed by atoms with van der Waals surface area (Å²) in [7, 11) is 1.73. The second kappa shape index (κ2) is 6.47. The lowest BCUT2D eigenvalue weighted by atomic mass is 10.2. The largest absolute Gasteiger partial charge is 0.354 e. The third kappa shape index (κ3) is 2.97. The van der Waals surface area contributed by atoms with Gasteiger partial charge >= 0.3 is 6.03 Å². The van der Waals surface area contributed by atoms with E-state index >= 15 is 0 Å². The zero-order valence-electron chi connectivity index (χ0n) is 14.6. The minimum atomic E-state index is -0.643. The Labute approximate surface area is 149 Å². The van der Waals surface area contributed by atoms with Crippen molar-refractivity contribution >= 4 is 29.2 Å². The first-order valence-electron chi connectivity index (χ1n) is 8.01. The Morgan fingerprint density at radius 3 is 2.54 bits per heavy atom. The Bertz CT molecular complexity index is 979. The molecule has 4 amide bonds. The number of urea groups is 1. The summed E-state index contributed by atoms with van der Waals surface area (Å²) in [5.41, 5.74) is 0.798. The molecule has 1 aromatic carbocycles. The molecule has 134 valence electrons. The number of carbonyl (C=O) groups excluding carboxylic acids is 3. The van der Waals surface area contributed by atoms with Crippen molar-refractivity contribution < 1.29 is 14.4 Å². The molecule has 1 aromatic heterocycles. The van der Waals surface area contributed by atoms with E-state index in [-0.39, 0.29) is 16.9 Å². The lowest BCUT2D eigenvalue weighted by molar-refractivity contribution is -0.117. The summed E-state index contributed by atoms with van der Waals surface area (Å²) in [5, 5.41) is 5.14. The maximum Gasteiger partial charge on any atom is 0.329 e. The second-order valence-electron chi connectivity index (χ2n) is 6.12. The van der Waals surface area contributed by atoms with E-state index in [1.165, 1.54) is 12.3 Å².